The van der Waals surface area contributed by atoms with Crippen LogP contribution in [0.1, 0.15) is 50.2 Å². The highest BCUT2D eigenvalue weighted by molar-refractivity contribution is 7.89. The maximum Gasteiger partial charge on any atom is 0.244 e. The van der Waals surface area contributed by atoms with Gasteiger partial charge in [0.1, 0.15) is 4.90 Å². The van der Waals surface area contributed by atoms with Crippen molar-refractivity contribution in [2.45, 2.75) is 63.1 Å². The lowest BCUT2D eigenvalue weighted by Crippen LogP contribution is -2.42. The quantitative estimate of drug-likeness (QED) is 0.672. The van der Waals surface area contributed by atoms with Gasteiger partial charge in [0, 0.05) is 50.5 Å². The molecule has 8 heteroatoms. The molecule has 2 fully saturated rings. The molecule has 1 unspecified atom stereocenters. The molecule has 0 aliphatic carbocycles. The van der Waals surface area contributed by atoms with E-state index >= 15 is 0 Å². The molecule has 2 aliphatic heterocycles. The van der Waals surface area contributed by atoms with Gasteiger partial charge in [0.25, 0.3) is 0 Å². The summed E-state index contributed by atoms with van der Waals surface area (Å²) >= 11 is 0. The molecule has 2 aromatic rings. The first-order chi connectivity index (χ1) is 15.9. The molecule has 0 spiro atoms. The molecule has 1 amide bonds. The molecule has 2 aliphatic rings. The monoisotopic (exact) mass is 470 g/mol. The van der Waals surface area contributed by atoms with Crippen LogP contribution in [0.5, 0.6) is 0 Å². The van der Waals surface area contributed by atoms with Gasteiger partial charge >= 0.3 is 0 Å². The third-order valence-corrected chi connectivity index (χ3v) is 8.80. The predicted octanol–water partition coefficient (Wildman–Crippen LogP) is 3.17. The number of carbonyl (C=O) groups excluding carboxylic acids is 1. The predicted molar refractivity (Wildman–Crippen MR) is 128 cm³/mol. The Labute approximate surface area is 197 Å². The van der Waals surface area contributed by atoms with Crippen LogP contribution in [0.3, 0.4) is 0 Å². The number of nitrogens with zero attached hydrogens (tertiary/aromatic N) is 3. The van der Waals surface area contributed by atoms with Gasteiger partial charge in [0.2, 0.25) is 15.9 Å². The number of hydrogen-bond acceptors (Lipinski definition) is 5. The molecule has 4 rings (SSSR count). The summed E-state index contributed by atoms with van der Waals surface area (Å²) in [5.41, 5.74) is 2.39. The van der Waals surface area contributed by atoms with Gasteiger partial charge in [-0.2, -0.15) is 4.31 Å². The zero-order valence-corrected chi connectivity index (χ0v) is 20.1. The summed E-state index contributed by atoms with van der Waals surface area (Å²) in [6.07, 6.45) is 7.86. The first-order valence-electron chi connectivity index (χ1n) is 11.9. The number of likely N-dealkylation sites (tertiary alicyclic amines) is 1. The molecule has 0 saturated carbocycles. The molecule has 1 aromatic heterocycles. The van der Waals surface area contributed by atoms with Crippen molar-refractivity contribution in [2.24, 2.45) is 5.92 Å². The zero-order valence-electron chi connectivity index (χ0n) is 19.3. The van der Waals surface area contributed by atoms with Crippen molar-refractivity contribution in [1.82, 2.24) is 19.5 Å². The SMILES string of the molecule is CC1CCCCN1Cc1ccc(CNC(=O)C2CCN(S(=O)(=O)c3cccnc3)CC2)cc1. The number of piperidine rings is 2. The van der Waals surface area contributed by atoms with Crippen molar-refractivity contribution in [3.05, 3.63) is 59.9 Å². The molecule has 1 aromatic carbocycles. The van der Waals surface area contributed by atoms with Crippen LogP contribution >= 0.6 is 0 Å². The molecule has 1 atom stereocenters. The number of aromatic nitrogens is 1. The molecule has 1 N–H and O–H groups in total. The van der Waals surface area contributed by atoms with Crippen molar-refractivity contribution in [2.75, 3.05) is 19.6 Å². The van der Waals surface area contributed by atoms with E-state index < -0.39 is 10.0 Å². The maximum absolute atomic E-state index is 12.7. The Morgan fingerprint density at radius 3 is 2.42 bits per heavy atom. The second kappa shape index (κ2) is 10.8. The van der Waals surface area contributed by atoms with Crippen LogP contribution in [0, 0.1) is 5.92 Å². The molecule has 2 saturated heterocycles. The standard InChI is InChI=1S/C25H34N4O3S/c1-20-5-2-3-14-28(20)19-22-9-7-21(8-10-22)17-27-25(30)23-11-15-29(16-12-23)33(31,32)24-6-4-13-26-18-24/h4,6-10,13,18,20,23H,2-3,5,11-12,14-17,19H2,1H3,(H,27,30). The van der Waals surface area contributed by atoms with Gasteiger partial charge in [-0.1, -0.05) is 30.7 Å². The highest BCUT2D eigenvalue weighted by Gasteiger charge is 2.32. The van der Waals surface area contributed by atoms with E-state index in [-0.39, 0.29) is 16.7 Å². The second-order valence-corrected chi connectivity index (χ2v) is 11.2. The number of rotatable bonds is 7. The summed E-state index contributed by atoms with van der Waals surface area (Å²) in [7, 11) is -3.55. The number of amides is 1. The zero-order chi connectivity index (χ0) is 23.3. The number of carbonyl (C=O) groups is 1. The lowest BCUT2D eigenvalue weighted by atomic mass is 9.97. The summed E-state index contributed by atoms with van der Waals surface area (Å²) in [6, 6.07) is 12.3. The smallest absolute Gasteiger partial charge is 0.244 e. The number of pyridine rings is 1. The fraction of sp³-hybridized carbons (Fsp3) is 0.520. The molecule has 0 bridgehead atoms. The van der Waals surface area contributed by atoms with Gasteiger partial charge < -0.3 is 5.32 Å². The third-order valence-electron chi connectivity index (χ3n) is 6.91. The van der Waals surface area contributed by atoms with Crippen molar-refractivity contribution < 1.29 is 13.2 Å². The molecule has 0 radical (unpaired) electrons. The minimum Gasteiger partial charge on any atom is -0.352 e. The van der Waals surface area contributed by atoms with Gasteiger partial charge in [-0.25, -0.2) is 8.42 Å². The highest BCUT2D eigenvalue weighted by atomic mass is 32.2. The van der Waals surface area contributed by atoms with E-state index in [1.807, 2.05) is 0 Å². The van der Waals surface area contributed by atoms with Gasteiger partial charge in [-0.05, 0) is 62.4 Å². The summed E-state index contributed by atoms with van der Waals surface area (Å²) in [6.45, 7) is 5.64. The normalized spacial score (nSPS) is 21.1. The first kappa shape index (κ1) is 23.9. The Balaban J connectivity index is 1.23. The Morgan fingerprint density at radius 1 is 1.03 bits per heavy atom. The van der Waals surface area contributed by atoms with E-state index in [4.69, 9.17) is 0 Å². The van der Waals surface area contributed by atoms with E-state index in [0.717, 1.165) is 12.1 Å². The summed E-state index contributed by atoms with van der Waals surface area (Å²) in [5, 5.41) is 3.03. The largest absolute Gasteiger partial charge is 0.352 e. The topological polar surface area (TPSA) is 82.6 Å². The number of nitrogens with one attached hydrogen (secondary N) is 1. The van der Waals surface area contributed by atoms with Gasteiger partial charge in [0.05, 0.1) is 0 Å². The van der Waals surface area contributed by atoms with Crippen molar-refractivity contribution in [3.63, 3.8) is 0 Å². The van der Waals surface area contributed by atoms with Crippen LogP contribution in [0.2, 0.25) is 0 Å². The fourth-order valence-electron chi connectivity index (χ4n) is 4.73. The maximum atomic E-state index is 12.7. The van der Waals surface area contributed by atoms with Gasteiger partial charge in [0.15, 0.2) is 0 Å². The van der Waals surface area contributed by atoms with Crippen molar-refractivity contribution in [1.29, 1.82) is 0 Å². The molecular weight excluding hydrogens is 436 g/mol. The molecule has 33 heavy (non-hydrogen) atoms. The van der Waals surface area contributed by atoms with Gasteiger partial charge in [-0.3, -0.25) is 14.7 Å². The van der Waals surface area contributed by atoms with Crippen LogP contribution in [-0.4, -0.2) is 54.2 Å². The Kier molecular flexibility index (Phi) is 7.78. The Bertz CT molecular complexity index is 1020. The Morgan fingerprint density at radius 2 is 1.76 bits per heavy atom. The number of sulfonamides is 1. The van der Waals surface area contributed by atoms with Crippen LogP contribution in [0.25, 0.3) is 0 Å². The average molecular weight is 471 g/mol. The summed E-state index contributed by atoms with van der Waals surface area (Å²) in [5.74, 6) is -0.162. The minimum absolute atomic E-state index is 0.000330. The van der Waals surface area contributed by atoms with Crippen molar-refractivity contribution in [3.8, 4) is 0 Å². The van der Waals surface area contributed by atoms with E-state index in [2.05, 4.69) is 46.4 Å². The Hall–Kier alpha value is -2.29. The van der Waals surface area contributed by atoms with Crippen LogP contribution in [-0.2, 0) is 27.9 Å². The lowest BCUT2D eigenvalue weighted by Gasteiger charge is -2.33. The van der Waals surface area contributed by atoms with E-state index in [1.165, 1.54) is 41.9 Å². The number of benzene rings is 1. The first-order valence-corrected chi connectivity index (χ1v) is 13.4. The second-order valence-electron chi connectivity index (χ2n) is 9.22. The van der Waals surface area contributed by atoms with Crippen LogP contribution < -0.4 is 5.32 Å². The summed E-state index contributed by atoms with van der Waals surface area (Å²) in [4.78, 5) is 19.3. The number of hydrogen-bond donors (Lipinski definition) is 1. The minimum atomic E-state index is -3.55. The molecule has 7 nitrogen and oxygen atoms in total. The molecular formula is C25H34N4O3S. The van der Waals surface area contributed by atoms with Crippen LogP contribution in [0.15, 0.2) is 53.7 Å². The van der Waals surface area contributed by atoms with Gasteiger partial charge in [-0.15, -0.1) is 0 Å². The molecule has 178 valence electrons. The lowest BCUT2D eigenvalue weighted by molar-refractivity contribution is -0.126. The van der Waals surface area contributed by atoms with E-state index in [1.54, 1.807) is 18.3 Å². The van der Waals surface area contributed by atoms with E-state index in [0.29, 0.717) is 38.5 Å². The molecule has 3 heterocycles. The highest BCUT2D eigenvalue weighted by Crippen LogP contribution is 2.24. The van der Waals surface area contributed by atoms with E-state index in [9.17, 15) is 13.2 Å². The van der Waals surface area contributed by atoms with Crippen molar-refractivity contribution >= 4 is 15.9 Å². The summed E-state index contributed by atoms with van der Waals surface area (Å²) < 4.78 is 26.9. The van der Waals surface area contributed by atoms with Crippen LogP contribution in [0.4, 0.5) is 0 Å². The third kappa shape index (κ3) is 5.99. The average Bonchev–Trinajstić information content (AvgIpc) is 2.85. The fourth-order valence-corrected chi connectivity index (χ4v) is 6.16.